The molecule has 1 fully saturated rings. The van der Waals surface area contributed by atoms with Crippen LogP contribution in [0.2, 0.25) is 10.0 Å². The Morgan fingerprint density at radius 2 is 1.88 bits per heavy atom. The second-order valence-corrected chi connectivity index (χ2v) is 10.9. The number of fused-ring (bicyclic) bond motifs is 1. The van der Waals surface area contributed by atoms with E-state index in [1.54, 1.807) is 12.3 Å². The molecule has 0 radical (unpaired) electrons. The van der Waals surface area contributed by atoms with Gasteiger partial charge in [-0.15, -0.1) is 0 Å². The number of halogens is 2. The highest BCUT2D eigenvalue weighted by molar-refractivity contribution is 6.41. The van der Waals surface area contributed by atoms with E-state index >= 15 is 0 Å². The number of methoxy groups -OCH3 is 2. The number of hydrogen-bond donors (Lipinski definition) is 3. The number of carbonyl (C=O) groups excluding carboxylic acids is 1. The molecule has 0 bridgehead atoms. The maximum Gasteiger partial charge on any atom is 0.243 e. The lowest BCUT2D eigenvalue weighted by molar-refractivity contribution is -0.117. The lowest BCUT2D eigenvalue weighted by Gasteiger charge is -2.32. The van der Waals surface area contributed by atoms with Gasteiger partial charge in [0.1, 0.15) is 17.0 Å². The van der Waals surface area contributed by atoms with Gasteiger partial charge in [0.2, 0.25) is 11.9 Å². The molecule has 4 rings (SSSR count). The minimum Gasteiger partial charge on any atom is -0.495 e. The molecule has 3 N–H and O–H groups in total. The van der Waals surface area contributed by atoms with Crippen LogP contribution in [0, 0.1) is 0 Å². The molecule has 226 valence electrons. The van der Waals surface area contributed by atoms with E-state index < -0.39 is 0 Å². The zero-order valence-corrected chi connectivity index (χ0v) is 25.8. The lowest BCUT2D eigenvalue weighted by Crippen LogP contribution is -2.52. The quantitative estimate of drug-likeness (QED) is 0.185. The maximum absolute atomic E-state index is 12.0. The molecule has 2 atom stereocenters. The van der Waals surface area contributed by atoms with Crippen molar-refractivity contribution in [3.8, 4) is 22.8 Å². The summed E-state index contributed by atoms with van der Waals surface area (Å²) < 4.78 is 16.6. The molecule has 2 unspecified atom stereocenters. The molecule has 0 aliphatic carbocycles. The largest absolute Gasteiger partial charge is 0.495 e. The number of benzene rings is 1. The maximum atomic E-state index is 12.0. The van der Waals surface area contributed by atoms with Gasteiger partial charge < -0.3 is 35.1 Å². The second kappa shape index (κ2) is 14.7. The van der Waals surface area contributed by atoms with Crippen molar-refractivity contribution in [3.63, 3.8) is 0 Å². The van der Waals surface area contributed by atoms with Crippen LogP contribution in [0.4, 0.5) is 11.8 Å². The van der Waals surface area contributed by atoms with Crippen LogP contribution in [0.3, 0.4) is 0 Å². The molecule has 1 amide bonds. The van der Waals surface area contributed by atoms with Gasteiger partial charge in [-0.2, -0.15) is 0 Å². The van der Waals surface area contributed by atoms with Crippen LogP contribution in [-0.4, -0.2) is 92.5 Å². The van der Waals surface area contributed by atoms with E-state index in [-0.39, 0.29) is 18.0 Å². The van der Waals surface area contributed by atoms with Gasteiger partial charge in [-0.3, -0.25) is 4.79 Å². The second-order valence-electron chi connectivity index (χ2n) is 10.1. The smallest absolute Gasteiger partial charge is 0.243 e. The molecule has 13 heteroatoms. The standard InChI is InChI=1S/C29H37Cl2N7O4/c1-6-23(39)34-18-9-12-42-16-20(18)36-29-33-15-17-13-19(24-25(30)21(40-4)14-22(41-5)26(24)31)35-28(27(17)37-29)32-10-7-8-11-38(2)3/h6,13-15,18,20H,1,7-12,16H2,2-5H3,(H,32,35)(H,34,39)(H,33,36,37). The van der Waals surface area contributed by atoms with Crippen molar-refractivity contribution >= 4 is 51.8 Å². The van der Waals surface area contributed by atoms with E-state index in [0.29, 0.717) is 76.3 Å². The van der Waals surface area contributed by atoms with Gasteiger partial charge in [-0.05, 0) is 52.0 Å². The molecule has 2 aromatic heterocycles. The molecule has 3 aromatic rings. The van der Waals surface area contributed by atoms with Crippen molar-refractivity contribution < 1.29 is 19.0 Å². The average molecular weight is 619 g/mol. The van der Waals surface area contributed by atoms with E-state index in [0.717, 1.165) is 24.8 Å². The molecule has 1 aliphatic heterocycles. The summed E-state index contributed by atoms with van der Waals surface area (Å²) in [5.41, 5.74) is 1.62. The third-order valence-electron chi connectivity index (χ3n) is 6.90. The number of unbranched alkanes of at least 4 members (excludes halogenated alkanes) is 1. The van der Waals surface area contributed by atoms with Gasteiger partial charge in [0.25, 0.3) is 0 Å². The third-order valence-corrected chi connectivity index (χ3v) is 7.65. The fourth-order valence-corrected chi connectivity index (χ4v) is 5.39. The third kappa shape index (κ3) is 7.52. The van der Waals surface area contributed by atoms with E-state index in [1.165, 1.54) is 20.3 Å². The highest BCUT2D eigenvalue weighted by Crippen LogP contribution is 2.46. The zero-order valence-electron chi connectivity index (χ0n) is 24.3. The SMILES string of the molecule is C=CC(=O)NC1CCOCC1Nc1ncc2cc(-c3c(Cl)c(OC)cc(OC)c3Cl)nc(NCCCCN(C)C)c2n1. The van der Waals surface area contributed by atoms with E-state index in [4.69, 9.17) is 47.4 Å². The number of anilines is 2. The first-order valence-electron chi connectivity index (χ1n) is 13.7. The molecule has 1 saturated heterocycles. The zero-order chi connectivity index (χ0) is 30.2. The Labute approximate surface area is 255 Å². The van der Waals surface area contributed by atoms with Gasteiger partial charge in [0.05, 0.1) is 48.6 Å². The number of carbonyl (C=O) groups is 1. The molecular formula is C29H37Cl2N7O4. The summed E-state index contributed by atoms with van der Waals surface area (Å²) in [6.07, 6.45) is 5.58. The van der Waals surface area contributed by atoms with Gasteiger partial charge in [-0.1, -0.05) is 29.8 Å². The number of nitrogens with zero attached hydrogens (tertiary/aromatic N) is 4. The molecule has 42 heavy (non-hydrogen) atoms. The molecule has 3 heterocycles. The molecule has 11 nitrogen and oxygen atoms in total. The molecular weight excluding hydrogens is 581 g/mol. The van der Waals surface area contributed by atoms with Gasteiger partial charge in [0.15, 0.2) is 5.82 Å². The Balaban J connectivity index is 1.72. The van der Waals surface area contributed by atoms with Crippen molar-refractivity contribution in [1.29, 1.82) is 0 Å². The number of rotatable bonds is 13. The van der Waals surface area contributed by atoms with Crippen molar-refractivity contribution in [3.05, 3.63) is 41.0 Å². The van der Waals surface area contributed by atoms with Crippen LogP contribution in [0.15, 0.2) is 31.0 Å². The monoisotopic (exact) mass is 617 g/mol. The average Bonchev–Trinajstić information content (AvgIpc) is 2.98. The van der Waals surface area contributed by atoms with Crippen LogP contribution in [0.5, 0.6) is 11.5 Å². The Morgan fingerprint density at radius 1 is 1.14 bits per heavy atom. The van der Waals surface area contributed by atoms with Crippen molar-refractivity contribution in [2.24, 2.45) is 0 Å². The van der Waals surface area contributed by atoms with Crippen LogP contribution < -0.4 is 25.4 Å². The Kier molecular flexibility index (Phi) is 11.0. The van der Waals surface area contributed by atoms with E-state index in [2.05, 4.69) is 46.5 Å². The van der Waals surface area contributed by atoms with Crippen LogP contribution in [0.1, 0.15) is 19.3 Å². The Morgan fingerprint density at radius 3 is 2.55 bits per heavy atom. The minimum absolute atomic E-state index is 0.161. The summed E-state index contributed by atoms with van der Waals surface area (Å²) in [6, 6.07) is 3.08. The first kappa shape index (κ1) is 31.6. The summed E-state index contributed by atoms with van der Waals surface area (Å²) in [6.45, 7) is 6.15. The summed E-state index contributed by atoms with van der Waals surface area (Å²) in [5.74, 6) is 1.54. The predicted molar refractivity (Wildman–Crippen MR) is 167 cm³/mol. The molecule has 1 aliphatic rings. The number of ether oxygens (including phenoxy) is 3. The van der Waals surface area contributed by atoms with Gasteiger partial charge in [0, 0.05) is 36.4 Å². The summed E-state index contributed by atoms with van der Waals surface area (Å²) in [5, 5.41) is 11.1. The van der Waals surface area contributed by atoms with E-state index in [9.17, 15) is 4.79 Å². The summed E-state index contributed by atoms with van der Waals surface area (Å²) in [4.78, 5) is 28.4. The molecule has 0 spiro atoms. The number of aromatic nitrogens is 3. The summed E-state index contributed by atoms with van der Waals surface area (Å²) in [7, 11) is 7.16. The van der Waals surface area contributed by atoms with Crippen LogP contribution in [-0.2, 0) is 9.53 Å². The fraction of sp³-hybridized carbons (Fsp3) is 0.448. The first-order chi connectivity index (χ1) is 20.2. The van der Waals surface area contributed by atoms with E-state index in [1.807, 2.05) is 6.07 Å². The van der Waals surface area contributed by atoms with Crippen LogP contribution >= 0.6 is 23.2 Å². The highest BCUT2D eigenvalue weighted by atomic mass is 35.5. The number of pyridine rings is 1. The highest BCUT2D eigenvalue weighted by Gasteiger charge is 2.28. The topological polar surface area (TPSA) is 123 Å². The molecule has 1 aromatic carbocycles. The number of amides is 1. The Hall–Kier alpha value is -3.38. The van der Waals surface area contributed by atoms with Crippen LogP contribution in [0.25, 0.3) is 22.2 Å². The van der Waals surface area contributed by atoms with Gasteiger partial charge >= 0.3 is 0 Å². The van der Waals surface area contributed by atoms with Crippen molar-refractivity contribution in [2.75, 3.05) is 65.3 Å². The number of hydrogen-bond acceptors (Lipinski definition) is 10. The number of nitrogens with one attached hydrogen (secondary N) is 3. The lowest BCUT2D eigenvalue weighted by atomic mass is 10.0. The summed E-state index contributed by atoms with van der Waals surface area (Å²) >= 11 is 13.5. The van der Waals surface area contributed by atoms with Crippen molar-refractivity contribution in [2.45, 2.75) is 31.3 Å². The predicted octanol–water partition coefficient (Wildman–Crippen LogP) is 4.64. The normalized spacial score (nSPS) is 16.7. The van der Waals surface area contributed by atoms with Crippen molar-refractivity contribution in [1.82, 2.24) is 25.2 Å². The Bertz CT molecular complexity index is 1390. The minimum atomic E-state index is -0.239. The molecule has 0 saturated carbocycles. The van der Waals surface area contributed by atoms with Gasteiger partial charge in [-0.25, -0.2) is 15.0 Å². The fourth-order valence-electron chi connectivity index (χ4n) is 4.69. The first-order valence-corrected chi connectivity index (χ1v) is 14.4.